The third-order valence-electron chi connectivity index (χ3n) is 12.9. The number of hydrogen-bond donors (Lipinski definition) is 5. The summed E-state index contributed by atoms with van der Waals surface area (Å²) in [6, 6.07) is 10.3. The van der Waals surface area contributed by atoms with E-state index in [0.29, 0.717) is 48.2 Å². The molecule has 0 radical (unpaired) electrons. The number of nitrogens with one attached hydrogen (secondary N) is 5. The van der Waals surface area contributed by atoms with Crippen molar-refractivity contribution < 1.29 is 38.2 Å². The van der Waals surface area contributed by atoms with E-state index in [1.165, 1.54) is 6.42 Å². The Labute approximate surface area is 355 Å². The molecule has 328 valence electrons. The number of rotatable bonds is 7. The van der Waals surface area contributed by atoms with Crippen LogP contribution in [0.15, 0.2) is 42.5 Å². The van der Waals surface area contributed by atoms with E-state index in [-0.39, 0.29) is 67.6 Å². The van der Waals surface area contributed by atoms with Gasteiger partial charge in [0.1, 0.15) is 30.5 Å². The van der Waals surface area contributed by atoms with Crippen LogP contribution >= 0.6 is 0 Å². The monoisotopic (exact) mass is 829 g/mol. The van der Waals surface area contributed by atoms with Gasteiger partial charge < -0.3 is 40.8 Å². The average Bonchev–Trinajstić information content (AvgIpc) is 3.26. The quantitative estimate of drug-likeness (QED) is 0.233. The highest BCUT2D eigenvalue weighted by atomic mass is 16.5. The summed E-state index contributed by atoms with van der Waals surface area (Å²) in [5, 5.41) is 15.0. The highest BCUT2D eigenvalue weighted by molar-refractivity contribution is 5.94. The molecule has 13 heteroatoms. The number of benzene rings is 2. The molecule has 9 rings (SSSR count). The number of hydrogen-bond acceptors (Lipinski definition) is 8. The fourth-order valence-corrected chi connectivity index (χ4v) is 9.56. The Bertz CT molecular complexity index is 1730. The van der Waals surface area contributed by atoms with Crippen molar-refractivity contribution in [3.8, 4) is 17.2 Å². The molecule has 2 aromatic carbocycles. The van der Waals surface area contributed by atoms with E-state index in [1.54, 1.807) is 13.1 Å². The predicted molar refractivity (Wildman–Crippen MR) is 228 cm³/mol. The Morgan fingerprint density at radius 3 is 1.95 bits per heavy atom. The van der Waals surface area contributed by atoms with Crippen molar-refractivity contribution >= 4 is 29.5 Å². The zero-order valence-electron chi connectivity index (χ0n) is 35.7. The minimum absolute atomic E-state index is 0.0314. The van der Waals surface area contributed by atoms with Crippen LogP contribution in [0.1, 0.15) is 127 Å². The molecule has 5 amide bonds. The number of para-hydroxylation sites is 1. The van der Waals surface area contributed by atoms with Gasteiger partial charge in [-0.25, -0.2) is 0 Å². The van der Waals surface area contributed by atoms with Gasteiger partial charge in [0, 0.05) is 31.5 Å². The van der Waals surface area contributed by atoms with Gasteiger partial charge in [-0.15, -0.1) is 0 Å². The van der Waals surface area contributed by atoms with E-state index < -0.39 is 24.0 Å². The topological polar surface area (TPSA) is 173 Å². The summed E-state index contributed by atoms with van der Waals surface area (Å²) in [5.41, 5.74) is 1.52. The molecule has 0 aromatic heterocycles. The number of amides is 5. The molecule has 4 aliphatic heterocycles. The van der Waals surface area contributed by atoms with Gasteiger partial charge in [-0.2, -0.15) is 0 Å². The van der Waals surface area contributed by atoms with Gasteiger partial charge in [0.2, 0.25) is 23.6 Å². The number of carbonyl (C=O) groups excluding carboxylic acids is 5. The largest absolute Gasteiger partial charge is 0.490 e. The van der Waals surface area contributed by atoms with Crippen molar-refractivity contribution in [2.45, 2.75) is 153 Å². The van der Waals surface area contributed by atoms with Crippen molar-refractivity contribution in [2.75, 3.05) is 20.3 Å². The summed E-state index contributed by atoms with van der Waals surface area (Å²) in [6.45, 7) is 2.27. The number of carbonyl (C=O) groups is 5. The fourth-order valence-electron chi connectivity index (χ4n) is 9.56. The molecule has 3 aliphatic carbocycles. The lowest BCUT2D eigenvalue weighted by Gasteiger charge is -2.31. The third kappa shape index (κ3) is 13.3. The Morgan fingerprint density at radius 2 is 1.32 bits per heavy atom. The maximum absolute atomic E-state index is 14.3. The first-order valence-corrected chi connectivity index (χ1v) is 22.7. The van der Waals surface area contributed by atoms with Crippen LogP contribution in [-0.4, -0.2) is 74.0 Å². The van der Waals surface area contributed by atoms with Crippen LogP contribution in [0.2, 0.25) is 0 Å². The summed E-state index contributed by atoms with van der Waals surface area (Å²) < 4.78 is 18.1. The zero-order chi connectivity index (χ0) is 42.3. The van der Waals surface area contributed by atoms with E-state index in [4.69, 9.17) is 14.2 Å². The van der Waals surface area contributed by atoms with Crippen LogP contribution in [0.4, 0.5) is 0 Å². The van der Waals surface area contributed by atoms with Gasteiger partial charge >= 0.3 is 0 Å². The third-order valence-corrected chi connectivity index (χ3v) is 12.9. The molecule has 3 saturated carbocycles. The molecule has 13 nitrogen and oxygen atoms in total. The van der Waals surface area contributed by atoms with Gasteiger partial charge in [-0.05, 0) is 87.0 Å². The molecule has 0 spiro atoms. The molecule has 0 unspecified atom stereocenters. The molecule has 4 bridgehead atoms. The first-order valence-electron chi connectivity index (χ1n) is 22.7. The SMILES string of the molecule is CCOc1cccc2c1OCC(=O)NC1CCC(CC1)CC(=O)N[C@@H](CC1CCCCC1)C(=O)N[C@H](CC1CCCCC1)C(=O)N[C@H](C(=O)NC)Cc1ccc(cc1)OC2. The van der Waals surface area contributed by atoms with E-state index >= 15 is 0 Å². The lowest BCUT2D eigenvalue weighted by Crippen LogP contribution is -2.57. The van der Waals surface area contributed by atoms with Crippen molar-refractivity contribution in [1.82, 2.24) is 26.6 Å². The van der Waals surface area contributed by atoms with Crippen LogP contribution in [0.5, 0.6) is 17.2 Å². The number of likely N-dealkylation sites (N-methyl/N-ethyl adjacent to an activating group) is 1. The highest BCUT2D eigenvalue weighted by Gasteiger charge is 2.34. The highest BCUT2D eigenvalue weighted by Crippen LogP contribution is 2.34. The standard InChI is InChI=1S/C47H67N5O8/c1-3-58-41-16-10-15-35-29-59-37-23-19-33(20-24-37)27-38(45(55)48-2)51-47(57)40(26-32-13-8-5-9-14-32)52-46(56)39(25-31-11-6-4-7-12-31)50-42(53)28-34-17-21-36(22-18-34)49-43(54)30-60-44(35)41/h10,15-16,19-20,23-24,31-32,34,36,38-40H,3-9,11-14,17-18,21-22,25-30H2,1-2H3,(H,48,55)(H,49,54)(H,50,53)(H,51,57)(H,52,56)/t34?,36?,38-,39-,40+/m0/s1. The summed E-state index contributed by atoms with van der Waals surface area (Å²) in [7, 11) is 1.54. The van der Waals surface area contributed by atoms with E-state index in [0.717, 1.165) is 89.0 Å². The van der Waals surface area contributed by atoms with Crippen molar-refractivity contribution in [2.24, 2.45) is 17.8 Å². The molecule has 2 aromatic rings. The lowest BCUT2D eigenvalue weighted by molar-refractivity contribution is -0.134. The Morgan fingerprint density at radius 1 is 0.683 bits per heavy atom. The average molecular weight is 830 g/mol. The molecule has 7 aliphatic rings. The Balaban J connectivity index is 1.25. The lowest BCUT2D eigenvalue weighted by atomic mass is 9.83. The van der Waals surface area contributed by atoms with Gasteiger partial charge in [0.25, 0.3) is 5.91 Å². The van der Waals surface area contributed by atoms with Crippen LogP contribution in [0, 0.1) is 17.8 Å². The van der Waals surface area contributed by atoms with E-state index in [1.807, 2.05) is 43.3 Å². The van der Waals surface area contributed by atoms with Crippen molar-refractivity contribution in [3.63, 3.8) is 0 Å². The second kappa shape index (κ2) is 22.7. The Kier molecular flexibility index (Phi) is 16.9. The van der Waals surface area contributed by atoms with Crippen LogP contribution in [0.3, 0.4) is 0 Å². The van der Waals surface area contributed by atoms with Crippen molar-refractivity contribution in [1.29, 1.82) is 0 Å². The minimum Gasteiger partial charge on any atom is -0.490 e. The molecule has 5 N–H and O–H groups in total. The number of ether oxygens (including phenoxy) is 3. The second-order valence-electron chi connectivity index (χ2n) is 17.4. The summed E-state index contributed by atoms with van der Waals surface area (Å²) >= 11 is 0. The van der Waals surface area contributed by atoms with Gasteiger partial charge in [0.05, 0.1) is 6.61 Å². The molecular formula is C47H67N5O8. The first kappa shape index (κ1) is 44.7. The maximum atomic E-state index is 14.3. The molecule has 3 atom stereocenters. The van der Waals surface area contributed by atoms with Gasteiger partial charge in [-0.3, -0.25) is 24.0 Å². The van der Waals surface area contributed by atoms with Crippen LogP contribution in [-0.2, 0) is 37.0 Å². The van der Waals surface area contributed by atoms with Gasteiger partial charge in [-0.1, -0.05) is 88.5 Å². The van der Waals surface area contributed by atoms with E-state index in [9.17, 15) is 24.0 Å². The van der Waals surface area contributed by atoms with Crippen LogP contribution < -0.4 is 40.8 Å². The second-order valence-corrected chi connectivity index (χ2v) is 17.4. The zero-order valence-corrected chi connectivity index (χ0v) is 35.7. The molecule has 0 saturated heterocycles. The predicted octanol–water partition coefficient (Wildman–Crippen LogP) is 5.81. The molecule has 4 heterocycles. The fraction of sp³-hybridized carbons (Fsp3) is 0.638. The van der Waals surface area contributed by atoms with Crippen molar-refractivity contribution in [3.05, 3.63) is 53.6 Å². The minimum atomic E-state index is -0.895. The smallest absolute Gasteiger partial charge is 0.258 e. The van der Waals surface area contributed by atoms with Gasteiger partial charge in [0.15, 0.2) is 18.1 Å². The maximum Gasteiger partial charge on any atom is 0.258 e. The van der Waals surface area contributed by atoms with E-state index in [2.05, 4.69) is 26.6 Å². The van der Waals surface area contributed by atoms with Crippen LogP contribution in [0.25, 0.3) is 0 Å². The normalized spacial score (nSPS) is 25.9. The molecule has 3 fully saturated rings. The summed E-state index contributed by atoms with van der Waals surface area (Å²) in [6.07, 6.45) is 15.2. The summed E-state index contributed by atoms with van der Waals surface area (Å²) in [5.74, 6) is 0.742. The molecule has 60 heavy (non-hydrogen) atoms. The molecular weight excluding hydrogens is 763 g/mol. The Hall–Kier alpha value is -4.81. The first-order chi connectivity index (χ1) is 29.2. The summed E-state index contributed by atoms with van der Waals surface area (Å²) in [4.78, 5) is 68.8.